The summed E-state index contributed by atoms with van der Waals surface area (Å²) >= 11 is 0.812. The Balaban J connectivity index is 3.04. The molecular weight excluding hydrogens is 220 g/mol. The number of nitriles is 1. The fraction of sp³-hybridized carbons (Fsp3) is 0. The summed E-state index contributed by atoms with van der Waals surface area (Å²) in [5.74, 6) is -1.35. The van der Waals surface area contributed by atoms with Gasteiger partial charge in [0.25, 0.3) is 0 Å². The molecule has 1 heterocycles. The zero-order chi connectivity index (χ0) is 11.4. The monoisotopic (exact) mass is 224 g/mol. The van der Waals surface area contributed by atoms with Gasteiger partial charge >= 0.3 is 11.0 Å². The van der Waals surface area contributed by atoms with Crippen molar-refractivity contribution in [1.82, 2.24) is 0 Å². The lowest BCUT2D eigenvalue weighted by atomic mass is 10.2. The third-order valence-electron chi connectivity index (χ3n) is 1.43. The molecule has 0 aliphatic rings. The van der Waals surface area contributed by atoms with E-state index < -0.39 is 16.5 Å². The fourth-order valence-corrected chi connectivity index (χ4v) is 1.57. The second-order valence-electron chi connectivity index (χ2n) is 2.41. The van der Waals surface area contributed by atoms with Crippen LogP contribution in [0.4, 0.5) is 5.00 Å². The third kappa shape index (κ3) is 2.62. The van der Waals surface area contributed by atoms with Crippen LogP contribution in [0.2, 0.25) is 0 Å². The summed E-state index contributed by atoms with van der Waals surface area (Å²) in [7, 11) is 0. The molecule has 0 unspecified atom stereocenters. The molecule has 1 aromatic rings. The van der Waals surface area contributed by atoms with Gasteiger partial charge < -0.3 is 5.11 Å². The molecule has 0 aliphatic carbocycles. The normalized spacial score (nSPS) is 10.7. The molecule has 0 aromatic carbocycles. The second kappa shape index (κ2) is 4.34. The molecular formula is C8H4N2O4S. The second-order valence-corrected chi connectivity index (χ2v) is 3.50. The molecule has 6 nitrogen and oxygen atoms in total. The molecule has 1 N–H and O–H groups in total. The summed E-state index contributed by atoms with van der Waals surface area (Å²) < 4.78 is 0. The van der Waals surface area contributed by atoms with Crippen molar-refractivity contribution >= 4 is 28.4 Å². The lowest BCUT2D eigenvalue weighted by Gasteiger charge is -1.86. The van der Waals surface area contributed by atoms with Crippen LogP contribution < -0.4 is 0 Å². The number of hydrogen-bond acceptors (Lipinski definition) is 5. The van der Waals surface area contributed by atoms with Crippen molar-refractivity contribution in [3.8, 4) is 6.07 Å². The van der Waals surface area contributed by atoms with E-state index in [0.717, 1.165) is 17.4 Å². The van der Waals surface area contributed by atoms with E-state index in [9.17, 15) is 14.9 Å². The van der Waals surface area contributed by atoms with Gasteiger partial charge in [-0.3, -0.25) is 10.1 Å². The summed E-state index contributed by atoms with van der Waals surface area (Å²) in [5, 5.41) is 27.2. The first-order chi connectivity index (χ1) is 7.04. The molecule has 0 fully saturated rings. The van der Waals surface area contributed by atoms with E-state index in [4.69, 9.17) is 10.4 Å². The zero-order valence-electron chi connectivity index (χ0n) is 7.21. The number of thiophene rings is 1. The number of nitro groups is 1. The summed E-state index contributed by atoms with van der Waals surface area (Å²) in [4.78, 5) is 20.6. The molecule has 76 valence electrons. The Hall–Kier alpha value is -2.20. The van der Waals surface area contributed by atoms with Crippen LogP contribution in [0.15, 0.2) is 17.7 Å². The minimum absolute atomic E-state index is 0.0936. The van der Waals surface area contributed by atoms with E-state index in [1.807, 2.05) is 0 Å². The number of carbonyl (C=O) groups is 1. The predicted molar refractivity (Wildman–Crippen MR) is 52.2 cm³/mol. The number of carboxylic acid groups (broad SMARTS) is 1. The maximum atomic E-state index is 10.5. The maximum absolute atomic E-state index is 10.5. The van der Waals surface area contributed by atoms with Crippen molar-refractivity contribution in [2.75, 3.05) is 0 Å². The van der Waals surface area contributed by atoms with Gasteiger partial charge in [-0.1, -0.05) is 11.3 Å². The number of hydrogen-bond donors (Lipinski definition) is 1. The van der Waals surface area contributed by atoms with Crippen molar-refractivity contribution in [3.05, 3.63) is 32.7 Å². The summed E-state index contributed by atoms with van der Waals surface area (Å²) in [6.45, 7) is 0. The number of carboxylic acids is 1. The van der Waals surface area contributed by atoms with Gasteiger partial charge in [-0.25, -0.2) is 4.79 Å². The smallest absolute Gasteiger partial charge is 0.346 e. The van der Waals surface area contributed by atoms with Crippen LogP contribution in [-0.2, 0) is 4.79 Å². The van der Waals surface area contributed by atoms with Gasteiger partial charge in [-0.05, 0) is 12.1 Å². The molecule has 0 radical (unpaired) electrons. The van der Waals surface area contributed by atoms with Gasteiger partial charge in [0.15, 0.2) is 0 Å². The molecule has 0 amide bonds. The summed E-state index contributed by atoms with van der Waals surface area (Å²) in [5.41, 5.74) is -0.452. The van der Waals surface area contributed by atoms with Crippen LogP contribution in [0.3, 0.4) is 0 Å². The molecule has 15 heavy (non-hydrogen) atoms. The zero-order valence-corrected chi connectivity index (χ0v) is 8.02. The van der Waals surface area contributed by atoms with E-state index in [1.165, 1.54) is 18.2 Å². The highest BCUT2D eigenvalue weighted by Crippen LogP contribution is 2.25. The number of aliphatic carboxylic acids is 1. The topological polar surface area (TPSA) is 104 Å². The van der Waals surface area contributed by atoms with E-state index in [2.05, 4.69) is 0 Å². The number of nitrogens with zero attached hydrogens (tertiary/aromatic N) is 2. The minimum Gasteiger partial charge on any atom is -0.477 e. The SMILES string of the molecule is N#CC(=Cc1ccc([N+](=O)[O-])s1)C(=O)O. The van der Waals surface area contributed by atoms with Crippen LogP contribution in [0.1, 0.15) is 4.88 Å². The Morgan fingerprint density at radius 3 is 2.73 bits per heavy atom. The van der Waals surface area contributed by atoms with Crippen LogP contribution in [0, 0.1) is 21.4 Å². The highest BCUT2D eigenvalue weighted by molar-refractivity contribution is 7.16. The standard InChI is InChI=1S/C8H4N2O4S/c9-4-5(8(11)12)3-6-1-2-7(15-6)10(13)14/h1-3H,(H,11,12). The quantitative estimate of drug-likeness (QED) is 0.363. The molecule has 7 heteroatoms. The largest absolute Gasteiger partial charge is 0.477 e. The molecule has 1 rings (SSSR count). The Kier molecular flexibility index (Phi) is 3.15. The minimum atomic E-state index is -1.35. The highest BCUT2D eigenvalue weighted by atomic mass is 32.1. The first-order valence-corrected chi connectivity index (χ1v) is 4.45. The Morgan fingerprint density at radius 1 is 1.67 bits per heavy atom. The maximum Gasteiger partial charge on any atom is 0.346 e. The Morgan fingerprint density at radius 2 is 2.33 bits per heavy atom. The van der Waals surface area contributed by atoms with Crippen molar-refractivity contribution in [3.63, 3.8) is 0 Å². The first-order valence-electron chi connectivity index (χ1n) is 3.64. The van der Waals surface area contributed by atoms with Crippen molar-refractivity contribution in [2.24, 2.45) is 0 Å². The average molecular weight is 224 g/mol. The molecule has 0 spiro atoms. The fourth-order valence-electron chi connectivity index (χ4n) is 0.802. The summed E-state index contributed by atoms with van der Waals surface area (Å²) in [6, 6.07) is 4.14. The lowest BCUT2D eigenvalue weighted by molar-refractivity contribution is -0.380. The van der Waals surface area contributed by atoms with Crippen LogP contribution >= 0.6 is 11.3 Å². The van der Waals surface area contributed by atoms with Gasteiger partial charge in [0.2, 0.25) is 0 Å². The molecule has 0 atom stereocenters. The van der Waals surface area contributed by atoms with E-state index in [1.54, 1.807) is 0 Å². The Labute approximate surface area is 87.8 Å². The average Bonchev–Trinajstić information content (AvgIpc) is 2.61. The van der Waals surface area contributed by atoms with Crippen LogP contribution in [-0.4, -0.2) is 16.0 Å². The molecule has 0 aliphatic heterocycles. The van der Waals surface area contributed by atoms with E-state index in [0.29, 0.717) is 4.88 Å². The number of rotatable bonds is 3. The summed E-state index contributed by atoms with van der Waals surface area (Å²) in [6.07, 6.45) is 1.10. The third-order valence-corrected chi connectivity index (χ3v) is 2.41. The highest BCUT2D eigenvalue weighted by Gasteiger charge is 2.11. The molecule has 0 bridgehead atoms. The first kappa shape index (κ1) is 10.9. The van der Waals surface area contributed by atoms with Gasteiger partial charge in [0.1, 0.15) is 11.6 Å². The van der Waals surface area contributed by atoms with Crippen LogP contribution in [0.25, 0.3) is 6.08 Å². The van der Waals surface area contributed by atoms with Gasteiger partial charge in [-0.15, -0.1) is 0 Å². The molecule has 1 aromatic heterocycles. The molecule has 0 saturated heterocycles. The van der Waals surface area contributed by atoms with Gasteiger partial charge in [-0.2, -0.15) is 5.26 Å². The van der Waals surface area contributed by atoms with E-state index >= 15 is 0 Å². The molecule has 0 saturated carbocycles. The van der Waals surface area contributed by atoms with Crippen LogP contribution in [0.5, 0.6) is 0 Å². The Bertz CT molecular complexity index is 483. The van der Waals surface area contributed by atoms with Crippen molar-refractivity contribution < 1.29 is 14.8 Å². The lowest BCUT2D eigenvalue weighted by Crippen LogP contribution is -1.96. The van der Waals surface area contributed by atoms with Gasteiger partial charge in [0.05, 0.1) is 4.92 Å². The van der Waals surface area contributed by atoms with Crippen molar-refractivity contribution in [1.29, 1.82) is 5.26 Å². The van der Waals surface area contributed by atoms with E-state index in [-0.39, 0.29) is 5.00 Å². The predicted octanol–water partition coefficient (Wildman–Crippen LogP) is 1.65. The van der Waals surface area contributed by atoms with Gasteiger partial charge in [0, 0.05) is 10.9 Å². The van der Waals surface area contributed by atoms with Crippen molar-refractivity contribution in [2.45, 2.75) is 0 Å².